The highest BCUT2D eigenvalue weighted by Crippen LogP contribution is 2.00. The Morgan fingerprint density at radius 3 is 2.38 bits per heavy atom. The molecule has 1 atom stereocenters. The third-order valence-electron chi connectivity index (χ3n) is 1.73. The fourth-order valence-electron chi connectivity index (χ4n) is 0.994. The number of carboxylic acid groups (broad SMARTS) is 1. The first-order valence-corrected chi connectivity index (χ1v) is 6.27. The summed E-state index contributed by atoms with van der Waals surface area (Å²) < 4.78 is 28.7. The minimum atomic E-state index is -3.96. The van der Waals surface area contributed by atoms with Crippen molar-refractivity contribution in [2.45, 2.75) is 25.8 Å². The number of hydrogen-bond acceptors (Lipinski definition) is 5. The molecule has 0 aromatic carbocycles. The first-order valence-electron chi connectivity index (χ1n) is 4.62. The van der Waals surface area contributed by atoms with E-state index in [0.29, 0.717) is 6.42 Å². The van der Waals surface area contributed by atoms with E-state index in [-0.39, 0.29) is 6.42 Å². The summed E-state index contributed by atoms with van der Waals surface area (Å²) in [4.78, 5) is 21.4. The van der Waals surface area contributed by atoms with Gasteiger partial charge in [-0.05, 0) is 6.42 Å². The molecule has 7 nitrogen and oxygen atoms in total. The number of ether oxygens (including phenoxy) is 1. The van der Waals surface area contributed by atoms with Gasteiger partial charge in [0.15, 0.2) is 5.75 Å². The van der Waals surface area contributed by atoms with Crippen LogP contribution in [0.1, 0.15) is 19.8 Å². The van der Waals surface area contributed by atoms with Gasteiger partial charge in [0.25, 0.3) is 0 Å². The fraction of sp³-hybridized carbons (Fsp3) is 0.750. The van der Waals surface area contributed by atoms with Gasteiger partial charge in [0.2, 0.25) is 10.0 Å². The first kappa shape index (κ1) is 14.8. The predicted octanol–water partition coefficient (Wildman–Crippen LogP) is -0.668. The fourth-order valence-corrected chi connectivity index (χ4v) is 2.16. The van der Waals surface area contributed by atoms with Crippen molar-refractivity contribution < 1.29 is 27.9 Å². The summed E-state index contributed by atoms with van der Waals surface area (Å²) in [6.07, 6.45) is 0.674. The molecule has 0 aliphatic heterocycles. The highest BCUT2D eigenvalue weighted by molar-refractivity contribution is 7.90. The molecule has 0 aliphatic rings. The lowest BCUT2D eigenvalue weighted by Crippen LogP contribution is -2.43. The van der Waals surface area contributed by atoms with Crippen LogP contribution in [-0.4, -0.2) is 44.4 Å². The number of sulfonamides is 1. The number of carbonyl (C=O) groups is 2. The van der Waals surface area contributed by atoms with E-state index in [1.165, 1.54) is 0 Å². The van der Waals surface area contributed by atoms with Crippen molar-refractivity contribution in [3.63, 3.8) is 0 Å². The second kappa shape index (κ2) is 6.44. The van der Waals surface area contributed by atoms with Gasteiger partial charge in [0, 0.05) is 0 Å². The van der Waals surface area contributed by atoms with Crippen molar-refractivity contribution in [1.29, 1.82) is 0 Å². The van der Waals surface area contributed by atoms with Crippen LogP contribution in [0.2, 0.25) is 0 Å². The van der Waals surface area contributed by atoms with Crippen LogP contribution in [0, 0.1) is 0 Å². The van der Waals surface area contributed by atoms with Gasteiger partial charge in [0.1, 0.15) is 6.04 Å². The van der Waals surface area contributed by atoms with Gasteiger partial charge in [-0.1, -0.05) is 13.3 Å². The Morgan fingerprint density at radius 1 is 1.44 bits per heavy atom. The van der Waals surface area contributed by atoms with Crippen LogP contribution in [0.3, 0.4) is 0 Å². The van der Waals surface area contributed by atoms with Crippen LogP contribution in [0.25, 0.3) is 0 Å². The largest absolute Gasteiger partial charge is 0.480 e. The molecular formula is C8H15NO6S. The predicted molar refractivity (Wildman–Crippen MR) is 55.3 cm³/mol. The van der Waals surface area contributed by atoms with E-state index in [4.69, 9.17) is 5.11 Å². The molecule has 0 radical (unpaired) electrons. The second-order valence-corrected chi connectivity index (χ2v) is 4.89. The average Bonchev–Trinajstić information content (AvgIpc) is 2.15. The van der Waals surface area contributed by atoms with Crippen molar-refractivity contribution in [2.75, 3.05) is 12.9 Å². The lowest BCUT2D eigenvalue weighted by molar-refractivity contribution is -0.139. The molecule has 94 valence electrons. The maximum Gasteiger partial charge on any atom is 0.322 e. The molecule has 0 unspecified atom stereocenters. The SMILES string of the molecule is CCC[C@@H](NS(=O)(=O)CC(=O)OC)C(=O)O. The van der Waals surface area contributed by atoms with Crippen molar-refractivity contribution in [3.8, 4) is 0 Å². The Morgan fingerprint density at radius 2 is 2.00 bits per heavy atom. The minimum Gasteiger partial charge on any atom is -0.480 e. The van der Waals surface area contributed by atoms with E-state index >= 15 is 0 Å². The van der Waals surface area contributed by atoms with E-state index in [2.05, 4.69) is 4.74 Å². The molecule has 0 fully saturated rings. The van der Waals surface area contributed by atoms with Crippen LogP contribution in [0.15, 0.2) is 0 Å². The Kier molecular flexibility index (Phi) is 5.97. The zero-order valence-electron chi connectivity index (χ0n) is 9.10. The summed E-state index contributed by atoms with van der Waals surface area (Å²) in [6, 6.07) is -1.21. The van der Waals surface area contributed by atoms with E-state index in [9.17, 15) is 18.0 Å². The van der Waals surface area contributed by atoms with Gasteiger partial charge in [-0.3, -0.25) is 9.59 Å². The van der Waals surface area contributed by atoms with Gasteiger partial charge in [-0.25, -0.2) is 13.1 Å². The number of carbonyl (C=O) groups excluding carboxylic acids is 1. The summed E-state index contributed by atoms with van der Waals surface area (Å²) in [6.45, 7) is 1.73. The standard InChI is InChI=1S/C8H15NO6S/c1-3-4-6(8(11)12)9-16(13,14)5-7(10)15-2/h6,9H,3-5H2,1-2H3,(H,11,12)/t6-/m1/s1. The molecule has 0 aromatic heterocycles. The highest BCUT2D eigenvalue weighted by atomic mass is 32.2. The lowest BCUT2D eigenvalue weighted by Gasteiger charge is -2.12. The third kappa shape index (κ3) is 5.66. The van der Waals surface area contributed by atoms with Gasteiger partial charge in [-0.2, -0.15) is 0 Å². The van der Waals surface area contributed by atoms with E-state index < -0.39 is 33.8 Å². The smallest absolute Gasteiger partial charge is 0.322 e. The summed E-state index contributed by atoms with van der Waals surface area (Å²) in [5.74, 6) is -3.08. The Labute approximate surface area is 93.8 Å². The average molecular weight is 253 g/mol. The zero-order valence-corrected chi connectivity index (χ0v) is 9.91. The monoisotopic (exact) mass is 253 g/mol. The molecule has 0 heterocycles. The number of hydrogen-bond donors (Lipinski definition) is 2. The molecule has 0 saturated heterocycles. The number of rotatable bonds is 7. The van der Waals surface area contributed by atoms with Crippen LogP contribution >= 0.6 is 0 Å². The van der Waals surface area contributed by atoms with Gasteiger partial charge >= 0.3 is 11.9 Å². The molecule has 2 N–H and O–H groups in total. The van der Waals surface area contributed by atoms with E-state index in [1.807, 2.05) is 4.72 Å². The van der Waals surface area contributed by atoms with E-state index in [0.717, 1.165) is 7.11 Å². The van der Waals surface area contributed by atoms with Crippen LogP contribution < -0.4 is 4.72 Å². The topological polar surface area (TPSA) is 110 Å². The van der Waals surface area contributed by atoms with Crippen molar-refractivity contribution >= 4 is 22.0 Å². The third-order valence-corrected chi connectivity index (χ3v) is 2.99. The number of nitrogens with one attached hydrogen (secondary N) is 1. The molecular weight excluding hydrogens is 238 g/mol. The Bertz CT molecular complexity index is 350. The van der Waals surface area contributed by atoms with Crippen molar-refractivity contribution in [1.82, 2.24) is 4.72 Å². The summed E-state index contributed by atoms with van der Waals surface area (Å²) in [5, 5.41) is 8.72. The molecule has 0 aromatic rings. The number of methoxy groups -OCH3 is 1. The van der Waals surface area contributed by atoms with Crippen molar-refractivity contribution in [3.05, 3.63) is 0 Å². The lowest BCUT2D eigenvalue weighted by atomic mass is 10.2. The van der Waals surface area contributed by atoms with E-state index in [1.54, 1.807) is 6.92 Å². The first-order chi connectivity index (χ1) is 7.32. The highest BCUT2D eigenvalue weighted by Gasteiger charge is 2.25. The zero-order chi connectivity index (χ0) is 12.8. The quantitative estimate of drug-likeness (QED) is 0.582. The molecule has 0 saturated carbocycles. The van der Waals surface area contributed by atoms with Gasteiger partial charge < -0.3 is 9.84 Å². The summed E-state index contributed by atoms with van der Waals surface area (Å²) in [5.41, 5.74) is 0. The van der Waals surface area contributed by atoms with Gasteiger partial charge in [-0.15, -0.1) is 0 Å². The Balaban J connectivity index is 4.54. The second-order valence-electron chi connectivity index (χ2n) is 3.13. The maximum absolute atomic E-state index is 11.3. The van der Waals surface area contributed by atoms with Gasteiger partial charge in [0.05, 0.1) is 7.11 Å². The molecule has 16 heavy (non-hydrogen) atoms. The van der Waals surface area contributed by atoms with Crippen LogP contribution in [-0.2, 0) is 24.3 Å². The molecule has 0 rings (SSSR count). The van der Waals surface area contributed by atoms with Crippen molar-refractivity contribution in [2.24, 2.45) is 0 Å². The molecule has 0 bridgehead atoms. The minimum absolute atomic E-state index is 0.162. The number of esters is 1. The molecule has 0 aliphatic carbocycles. The summed E-state index contributed by atoms with van der Waals surface area (Å²) >= 11 is 0. The number of carboxylic acids is 1. The Hall–Kier alpha value is -1.15. The molecule has 0 amide bonds. The summed E-state index contributed by atoms with van der Waals surface area (Å²) in [7, 11) is -2.91. The molecule has 0 spiro atoms. The van der Waals surface area contributed by atoms with Crippen LogP contribution in [0.5, 0.6) is 0 Å². The molecule has 8 heteroatoms. The normalized spacial score (nSPS) is 13.1. The maximum atomic E-state index is 11.3. The number of aliphatic carboxylic acids is 1. The van der Waals surface area contributed by atoms with Crippen LogP contribution in [0.4, 0.5) is 0 Å².